The van der Waals surface area contributed by atoms with Crippen LogP contribution in [0, 0.1) is 0 Å². The molecule has 2 heterocycles. The van der Waals surface area contributed by atoms with Gasteiger partial charge in [-0.05, 0) is 25.9 Å². The summed E-state index contributed by atoms with van der Waals surface area (Å²) in [5.74, 6) is 0.172. The highest BCUT2D eigenvalue weighted by molar-refractivity contribution is 5.85. The molecule has 20 heavy (non-hydrogen) atoms. The quantitative estimate of drug-likeness (QED) is 0.862. The van der Waals surface area contributed by atoms with E-state index in [0.717, 1.165) is 25.9 Å². The van der Waals surface area contributed by atoms with Gasteiger partial charge in [-0.2, -0.15) is 13.8 Å². The molecule has 1 aliphatic heterocycles. The van der Waals surface area contributed by atoms with Crippen molar-refractivity contribution < 1.29 is 18.3 Å². The van der Waals surface area contributed by atoms with Crippen LogP contribution in [0.5, 0.6) is 11.6 Å². The normalized spacial score (nSPS) is 15.6. The maximum atomic E-state index is 12.2. The lowest BCUT2D eigenvalue weighted by Crippen LogP contribution is -2.35. The van der Waals surface area contributed by atoms with Gasteiger partial charge in [0.25, 0.3) is 5.88 Å². The maximum absolute atomic E-state index is 12.2. The van der Waals surface area contributed by atoms with Crippen LogP contribution in [0.1, 0.15) is 12.8 Å². The number of ether oxygens (including phenoxy) is 2. The molecular formula is C11H17ClF2N4O2. The molecule has 0 radical (unpaired) electrons. The molecule has 0 aromatic carbocycles. The fraction of sp³-hybridized carbons (Fsp3) is 0.636. The summed E-state index contributed by atoms with van der Waals surface area (Å²) in [6.45, 7) is -1.07. The molecule has 2 rings (SSSR count). The number of aromatic nitrogens is 2. The summed E-state index contributed by atoms with van der Waals surface area (Å²) in [6.07, 6.45) is 3.10. The number of nitrogens with zero attached hydrogens (tertiary/aromatic N) is 2. The van der Waals surface area contributed by atoms with E-state index in [9.17, 15) is 8.78 Å². The van der Waals surface area contributed by atoms with Crippen LogP contribution in [0.15, 0.2) is 6.20 Å². The van der Waals surface area contributed by atoms with Gasteiger partial charge in [0.15, 0.2) is 0 Å². The molecule has 2 N–H and O–H groups in total. The zero-order valence-electron chi connectivity index (χ0n) is 10.9. The molecular weight excluding hydrogens is 294 g/mol. The lowest BCUT2D eigenvalue weighted by Gasteiger charge is -2.23. The van der Waals surface area contributed by atoms with Gasteiger partial charge in [-0.15, -0.1) is 12.4 Å². The molecule has 0 bridgehead atoms. The highest BCUT2D eigenvalue weighted by atomic mass is 35.5. The topological polar surface area (TPSA) is 68.3 Å². The van der Waals surface area contributed by atoms with Crippen molar-refractivity contribution in [3.63, 3.8) is 0 Å². The lowest BCUT2D eigenvalue weighted by molar-refractivity contribution is -0.0518. The van der Waals surface area contributed by atoms with Gasteiger partial charge in [0, 0.05) is 6.04 Å². The maximum Gasteiger partial charge on any atom is 0.387 e. The number of anilines is 1. The fourth-order valence-electron chi connectivity index (χ4n) is 1.90. The standard InChI is InChI=1S/C11H16F2N4O2.ClH/c1-18-9-8(19-10(12)13)6-15-11(17-9)16-7-2-4-14-5-3-7;/h6-7,10,14H,2-5H2,1H3,(H,15,16,17);1H. The van der Waals surface area contributed by atoms with E-state index in [2.05, 4.69) is 25.3 Å². The van der Waals surface area contributed by atoms with Crippen LogP contribution in [0.25, 0.3) is 0 Å². The molecule has 0 aliphatic carbocycles. The number of halogens is 3. The smallest absolute Gasteiger partial charge is 0.387 e. The summed E-state index contributed by atoms with van der Waals surface area (Å²) < 4.78 is 33.5. The number of methoxy groups -OCH3 is 1. The van der Waals surface area contributed by atoms with E-state index in [1.165, 1.54) is 13.3 Å². The minimum absolute atomic E-state index is 0. The average Bonchev–Trinajstić information content (AvgIpc) is 2.41. The largest absolute Gasteiger partial charge is 0.478 e. The number of rotatable bonds is 5. The third kappa shape index (κ3) is 4.61. The van der Waals surface area contributed by atoms with Gasteiger partial charge in [0.1, 0.15) is 0 Å². The lowest BCUT2D eigenvalue weighted by atomic mass is 10.1. The summed E-state index contributed by atoms with van der Waals surface area (Å²) in [5, 5.41) is 6.40. The Labute approximate surface area is 121 Å². The first-order valence-corrected chi connectivity index (χ1v) is 6.02. The Balaban J connectivity index is 0.00000200. The van der Waals surface area contributed by atoms with Crippen LogP contribution in [0.2, 0.25) is 0 Å². The van der Waals surface area contributed by atoms with E-state index < -0.39 is 6.61 Å². The summed E-state index contributed by atoms with van der Waals surface area (Å²) in [6, 6.07) is 0.271. The van der Waals surface area contributed by atoms with E-state index in [1.54, 1.807) is 0 Å². The predicted octanol–water partition coefficient (Wildman–Crippen LogP) is 1.67. The van der Waals surface area contributed by atoms with Gasteiger partial charge in [0.2, 0.25) is 11.7 Å². The molecule has 1 aromatic rings. The van der Waals surface area contributed by atoms with Crippen LogP contribution in [-0.2, 0) is 0 Å². The minimum atomic E-state index is -2.93. The van der Waals surface area contributed by atoms with Gasteiger partial charge in [0.05, 0.1) is 13.3 Å². The first-order valence-electron chi connectivity index (χ1n) is 6.02. The molecule has 1 aliphatic rings. The number of nitrogens with one attached hydrogen (secondary N) is 2. The van der Waals surface area contributed by atoms with Crippen LogP contribution in [-0.4, -0.2) is 42.8 Å². The molecule has 0 saturated carbocycles. The number of hydrogen-bond acceptors (Lipinski definition) is 6. The van der Waals surface area contributed by atoms with Crippen molar-refractivity contribution in [2.24, 2.45) is 0 Å². The van der Waals surface area contributed by atoms with E-state index in [0.29, 0.717) is 5.95 Å². The van der Waals surface area contributed by atoms with Gasteiger partial charge in [-0.1, -0.05) is 0 Å². The molecule has 0 amide bonds. The highest BCUT2D eigenvalue weighted by Crippen LogP contribution is 2.26. The van der Waals surface area contributed by atoms with Crippen LogP contribution < -0.4 is 20.1 Å². The van der Waals surface area contributed by atoms with Gasteiger partial charge in [-0.3, -0.25) is 0 Å². The predicted molar refractivity (Wildman–Crippen MR) is 72.0 cm³/mol. The van der Waals surface area contributed by atoms with Gasteiger partial charge < -0.3 is 20.1 Å². The van der Waals surface area contributed by atoms with Crippen molar-refractivity contribution in [2.45, 2.75) is 25.5 Å². The molecule has 1 fully saturated rings. The second-order valence-corrected chi connectivity index (χ2v) is 4.11. The molecule has 1 saturated heterocycles. The summed E-state index contributed by atoms with van der Waals surface area (Å²) in [5.41, 5.74) is 0. The minimum Gasteiger partial charge on any atom is -0.478 e. The Morgan fingerprint density at radius 2 is 2.10 bits per heavy atom. The Kier molecular flexibility index (Phi) is 6.66. The van der Waals surface area contributed by atoms with Crippen molar-refractivity contribution in [1.29, 1.82) is 0 Å². The van der Waals surface area contributed by atoms with Crippen LogP contribution in [0.4, 0.5) is 14.7 Å². The third-order valence-corrected chi connectivity index (χ3v) is 2.80. The van der Waals surface area contributed by atoms with Crippen LogP contribution >= 0.6 is 12.4 Å². The van der Waals surface area contributed by atoms with E-state index in [1.807, 2.05) is 0 Å². The Morgan fingerprint density at radius 3 is 2.70 bits per heavy atom. The zero-order valence-corrected chi connectivity index (χ0v) is 11.8. The fourth-order valence-corrected chi connectivity index (χ4v) is 1.90. The number of hydrogen-bond donors (Lipinski definition) is 2. The molecule has 114 valence electrons. The SMILES string of the molecule is COc1nc(NC2CCNCC2)ncc1OC(F)F.Cl. The van der Waals surface area contributed by atoms with Crippen molar-refractivity contribution in [1.82, 2.24) is 15.3 Å². The molecule has 0 unspecified atom stereocenters. The molecule has 6 nitrogen and oxygen atoms in total. The van der Waals surface area contributed by atoms with Crippen molar-refractivity contribution in [3.05, 3.63) is 6.20 Å². The van der Waals surface area contributed by atoms with Crippen molar-refractivity contribution >= 4 is 18.4 Å². The van der Waals surface area contributed by atoms with Gasteiger partial charge >= 0.3 is 6.61 Å². The molecule has 9 heteroatoms. The second-order valence-electron chi connectivity index (χ2n) is 4.11. The van der Waals surface area contributed by atoms with Crippen molar-refractivity contribution in [2.75, 3.05) is 25.5 Å². The molecule has 0 atom stereocenters. The Hall–Kier alpha value is -1.41. The third-order valence-electron chi connectivity index (χ3n) is 2.80. The van der Waals surface area contributed by atoms with Crippen LogP contribution in [0.3, 0.4) is 0 Å². The summed E-state index contributed by atoms with van der Waals surface area (Å²) in [7, 11) is 1.34. The van der Waals surface area contributed by atoms with Gasteiger partial charge in [-0.25, -0.2) is 4.98 Å². The first kappa shape index (κ1) is 16.6. The van der Waals surface area contributed by atoms with Crippen molar-refractivity contribution in [3.8, 4) is 11.6 Å². The number of alkyl halides is 2. The van der Waals surface area contributed by atoms with E-state index in [-0.39, 0.29) is 30.1 Å². The number of piperidine rings is 1. The Bertz CT molecular complexity index is 419. The monoisotopic (exact) mass is 310 g/mol. The summed E-state index contributed by atoms with van der Waals surface area (Å²) in [4.78, 5) is 7.97. The highest BCUT2D eigenvalue weighted by Gasteiger charge is 2.17. The zero-order chi connectivity index (χ0) is 13.7. The second kappa shape index (κ2) is 8.01. The average molecular weight is 311 g/mol. The molecule has 0 spiro atoms. The van der Waals surface area contributed by atoms with E-state index >= 15 is 0 Å². The first-order chi connectivity index (χ1) is 9.19. The van der Waals surface area contributed by atoms with E-state index in [4.69, 9.17) is 4.74 Å². The Morgan fingerprint density at radius 1 is 1.40 bits per heavy atom. The molecule has 1 aromatic heterocycles. The summed E-state index contributed by atoms with van der Waals surface area (Å²) >= 11 is 0.